The molecular weight excluding hydrogens is 310 g/mol. The van der Waals surface area contributed by atoms with E-state index in [9.17, 15) is 4.79 Å². The lowest BCUT2D eigenvalue weighted by Crippen LogP contribution is -2.38. The topological polar surface area (TPSA) is 47.6 Å². The van der Waals surface area contributed by atoms with Crippen molar-refractivity contribution < 1.29 is 14.3 Å². The molecule has 0 radical (unpaired) electrons. The predicted octanol–water partition coefficient (Wildman–Crippen LogP) is 3.38. The van der Waals surface area contributed by atoms with Gasteiger partial charge in [0.1, 0.15) is 13.2 Å². The fourth-order valence-corrected chi connectivity index (χ4v) is 2.89. The summed E-state index contributed by atoms with van der Waals surface area (Å²) in [7, 11) is 0. The smallest absolute Gasteiger partial charge is 0.230 e. The van der Waals surface area contributed by atoms with Crippen LogP contribution in [0.3, 0.4) is 0 Å². The first kappa shape index (κ1) is 18.0. The SMILES string of the molecule is CC(C)(C)SCC(=O)NCC(C)(C)c1ccc2c(c1)OCCO2. The van der Waals surface area contributed by atoms with Gasteiger partial charge in [0.05, 0.1) is 5.75 Å². The number of carbonyl (C=O) groups excluding carboxylic acids is 1. The van der Waals surface area contributed by atoms with Gasteiger partial charge < -0.3 is 14.8 Å². The molecule has 0 fully saturated rings. The third-order valence-corrected chi connectivity index (χ3v) is 4.96. The summed E-state index contributed by atoms with van der Waals surface area (Å²) in [6.45, 7) is 12.4. The van der Waals surface area contributed by atoms with Gasteiger partial charge in [0.25, 0.3) is 0 Å². The van der Waals surface area contributed by atoms with Crippen molar-refractivity contribution >= 4 is 17.7 Å². The molecule has 1 aromatic carbocycles. The van der Waals surface area contributed by atoms with Crippen LogP contribution in [0.25, 0.3) is 0 Å². The van der Waals surface area contributed by atoms with Crippen molar-refractivity contribution in [1.82, 2.24) is 5.32 Å². The largest absolute Gasteiger partial charge is 0.486 e. The zero-order chi connectivity index (χ0) is 17.1. The highest BCUT2D eigenvalue weighted by molar-refractivity contribution is 8.01. The Labute approximate surface area is 143 Å². The monoisotopic (exact) mass is 337 g/mol. The molecule has 5 heteroatoms. The zero-order valence-corrected chi connectivity index (χ0v) is 15.5. The molecule has 1 N–H and O–H groups in total. The summed E-state index contributed by atoms with van der Waals surface area (Å²) in [5.41, 5.74) is 0.961. The van der Waals surface area contributed by atoms with E-state index >= 15 is 0 Å². The van der Waals surface area contributed by atoms with Crippen LogP contribution in [0.2, 0.25) is 0 Å². The fourth-order valence-electron chi connectivity index (χ4n) is 2.22. The van der Waals surface area contributed by atoms with Crippen LogP contribution in [0.1, 0.15) is 40.2 Å². The Morgan fingerprint density at radius 1 is 1.13 bits per heavy atom. The first-order valence-corrected chi connectivity index (χ1v) is 8.97. The van der Waals surface area contributed by atoms with Crippen molar-refractivity contribution in [2.45, 2.75) is 44.8 Å². The summed E-state index contributed by atoms with van der Waals surface area (Å²) in [5, 5.41) is 3.04. The van der Waals surface area contributed by atoms with Crippen LogP contribution < -0.4 is 14.8 Å². The van der Waals surface area contributed by atoms with Gasteiger partial charge in [0, 0.05) is 16.7 Å². The number of fused-ring (bicyclic) bond motifs is 1. The first-order chi connectivity index (χ1) is 10.7. The van der Waals surface area contributed by atoms with Crippen molar-refractivity contribution in [2.24, 2.45) is 0 Å². The van der Waals surface area contributed by atoms with E-state index in [1.165, 1.54) is 0 Å². The highest BCUT2D eigenvalue weighted by Crippen LogP contribution is 2.35. The molecule has 0 spiro atoms. The number of hydrogen-bond donors (Lipinski definition) is 1. The van der Waals surface area contributed by atoms with E-state index < -0.39 is 0 Å². The number of benzene rings is 1. The summed E-state index contributed by atoms with van der Waals surface area (Å²) in [6, 6.07) is 6.01. The van der Waals surface area contributed by atoms with E-state index in [0.717, 1.165) is 17.1 Å². The Morgan fingerprint density at radius 3 is 2.43 bits per heavy atom. The number of rotatable bonds is 5. The highest BCUT2D eigenvalue weighted by Gasteiger charge is 2.24. The maximum absolute atomic E-state index is 12.0. The standard InChI is InChI=1S/C18H27NO3S/c1-17(2,3)23-11-16(20)19-12-18(4,5)13-6-7-14-15(10-13)22-9-8-21-14/h6-7,10H,8-9,11-12H2,1-5H3,(H,19,20). The molecule has 0 saturated heterocycles. The van der Waals surface area contributed by atoms with E-state index in [0.29, 0.717) is 25.5 Å². The van der Waals surface area contributed by atoms with Crippen LogP contribution in [0.4, 0.5) is 0 Å². The second-order valence-corrected chi connectivity index (χ2v) is 9.22. The van der Waals surface area contributed by atoms with Gasteiger partial charge in [-0.1, -0.05) is 40.7 Å². The second kappa shape index (κ2) is 7.04. The lowest BCUT2D eigenvalue weighted by molar-refractivity contribution is -0.118. The molecule has 0 aromatic heterocycles. The quantitative estimate of drug-likeness (QED) is 0.895. The van der Waals surface area contributed by atoms with Gasteiger partial charge in [-0.25, -0.2) is 0 Å². The second-order valence-electron chi connectivity index (χ2n) is 7.42. The Hall–Kier alpha value is -1.36. The maximum atomic E-state index is 12.0. The molecule has 1 heterocycles. The van der Waals surface area contributed by atoms with Gasteiger partial charge in [0.15, 0.2) is 11.5 Å². The molecule has 0 aliphatic carbocycles. The molecule has 2 rings (SSSR count). The van der Waals surface area contributed by atoms with Gasteiger partial charge >= 0.3 is 0 Å². The van der Waals surface area contributed by atoms with E-state index in [4.69, 9.17) is 9.47 Å². The average molecular weight is 337 g/mol. The number of hydrogen-bond acceptors (Lipinski definition) is 4. The fraction of sp³-hybridized carbons (Fsp3) is 0.611. The predicted molar refractivity (Wildman–Crippen MR) is 95.7 cm³/mol. The minimum absolute atomic E-state index is 0.0792. The van der Waals surface area contributed by atoms with Crippen LogP contribution >= 0.6 is 11.8 Å². The maximum Gasteiger partial charge on any atom is 0.230 e. The molecule has 0 saturated carbocycles. The highest BCUT2D eigenvalue weighted by atomic mass is 32.2. The van der Waals surface area contributed by atoms with Gasteiger partial charge in [0.2, 0.25) is 5.91 Å². The van der Waals surface area contributed by atoms with E-state index in [1.807, 2.05) is 18.2 Å². The van der Waals surface area contributed by atoms with Crippen LogP contribution in [-0.4, -0.2) is 36.2 Å². The molecule has 128 valence electrons. The van der Waals surface area contributed by atoms with Crippen molar-refractivity contribution in [2.75, 3.05) is 25.5 Å². The molecular formula is C18H27NO3S. The summed E-state index contributed by atoms with van der Waals surface area (Å²) < 4.78 is 11.3. The third kappa shape index (κ3) is 5.34. The van der Waals surface area contributed by atoms with Crippen LogP contribution in [0.5, 0.6) is 11.5 Å². The van der Waals surface area contributed by atoms with Crippen molar-refractivity contribution in [3.8, 4) is 11.5 Å². The van der Waals surface area contributed by atoms with Crippen LogP contribution in [-0.2, 0) is 10.2 Å². The molecule has 0 bridgehead atoms. The van der Waals surface area contributed by atoms with Crippen molar-refractivity contribution in [3.05, 3.63) is 23.8 Å². The summed E-state index contributed by atoms with van der Waals surface area (Å²) in [5.74, 6) is 2.15. The molecule has 1 aromatic rings. The summed E-state index contributed by atoms with van der Waals surface area (Å²) in [4.78, 5) is 12.0. The molecule has 1 aliphatic rings. The molecule has 0 unspecified atom stereocenters. The Balaban J connectivity index is 1.94. The van der Waals surface area contributed by atoms with E-state index in [1.54, 1.807) is 11.8 Å². The van der Waals surface area contributed by atoms with E-state index in [2.05, 4.69) is 39.9 Å². The lowest BCUT2D eigenvalue weighted by atomic mass is 9.84. The van der Waals surface area contributed by atoms with Gasteiger partial charge in [-0.2, -0.15) is 0 Å². The number of amides is 1. The minimum atomic E-state index is -0.169. The third-order valence-electron chi connectivity index (χ3n) is 3.69. The average Bonchev–Trinajstić information content (AvgIpc) is 2.50. The molecule has 0 atom stereocenters. The summed E-state index contributed by atoms with van der Waals surface area (Å²) in [6.07, 6.45) is 0. The summed E-state index contributed by atoms with van der Waals surface area (Å²) >= 11 is 1.66. The zero-order valence-electron chi connectivity index (χ0n) is 14.7. The van der Waals surface area contributed by atoms with E-state index in [-0.39, 0.29) is 16.1 Å². The van der Waals surface area contributed by atoms with Gasteiger partial charge in [-0.3, -0.25) is 4.79 Å². The van der Waals surface area contributed by atoms with Gasteiger partial charge in [-0.05, 0) is 17.7 Å². The Bertz CT molecular complexity index is 564. The lowest BCUT2D eigenvalue weighted by Gasteiger charge is -2.28. The van der Waals surface area contributed by atoms with Crippen molar-refractivity contribution in [3.63, 3.8) is 0 Å². The minimum Gasteiger partial charge on any atom is -0.486 e. The number of thioether (sulfide) groups is 1. The molecule has 1 aliphatic heterocycles. The Kier molecular flexibility index (Phi) is 5.50. The number of nitrogens with one attached hydrogen (secondary N) is 1. The van der Waals surface area contributed by atoms with Crippen LogP contribution in [0, 0.1) is 0 Å². The molecule has 4 nitrogen and oxygen atoms in total. The first-order valence-electron chi connectivity index (χ1n) is 7.98. The van der Waals surface area contributed by atoms with Crippen LogP contribution in [0.15, 0.2) is 18.2 Å². The Morgan fingerprint density at radius 2 is 1.78 bits per heavy atom. The molecule has 1 amide bonds. The van der Waals surface area contributed by atoms with Gasteiger partial charge in [-0.15, -0.1) is 11.8 Å². The van der Waals surface area contributed by atoms with Crippen molar-refractivity contribution in [1.29, 1.82) is 0 Å². The number of carbonyl (C=O) groups is 1. The normalized spacial score (nSPS) is 14.5. The number of ether oxygens (including phenoxy) is 2. The molecule has 23 heavy (non-hydrogen) atoms.